The fourth-order valence-corrected chi connectivity index (χ4v) is 3.22. The van der Waals surface area contributed by atoms with Crippen molar-refractivity contribution in [2.75, 3.05) is 18.4 Å². The normalized spacial score (nSPS) is 15.0. The summed E-state index contributed by atoms with van der Waals surface area (Å²) in [5.74, 6) is -0.466. The number of anilines is 1. The summed E-state index contributed by atoms with van der Waals surface area (Å²) < 4.78 is 0. The minimum absolute atomic E-state index is 0.122. The number of hydrogen-bond donors (Lipinski definition) is 1. The molecular formula is C16H18N4O2S. The van der Waals surface area contributed by atoms with Gasteiger partial charge in [0.1, 0.15) is 0 Å². The Morgan fingerprint density at radius 2 is 1.61 bits per heavy atom. The molecule has 2 heterocycles. The topological polar surface area (TPSA) is 75.2 Å². The zero-order valence-corrected chi connectivity index (χ0v) is 13.5. The molecule has 1 aliphatic heterocycles. The van der Waals surface area contributed by atoms with E-state index in [1.165, 1.54) is 0 Å². The minimum Gasteiger partial charge on any atom is -0.337 e. The van der Waals surface area contributed by atoms with Gasteiger partial charge >= 0.3 is 0 Å². The molecule has 0 atom stereocenters. The van der Waals surface area contributed by atoms with Crippen molar-refractivity contribution in [3.63, 3.8) is 0 Å². The summed E-state index contributed by atoms with van der Waals surface area (Å²) in [6.45, 7) is 1.51. The number of carbonyl (C=O) groups is 2. The molecular weight excluding hydrogens is 312 g/mol. The van der Waals surface area contributed by atoms with Gasteiger partial charge in [0.05, 0.1) is 0 Å². The summed E-state index contributed by atoms with van der Waals surface area (Å²) in [6, 6.07) is 9.14. The van der Waals surface area contributed by atoms with Gasteiger partial charge < -0.3 is 10.2 Å². The van der Waals surface area contributed by atoms with Gasteiger partial charge in [-0.3, -0.25) is 9.59 Å². The molecule has 1 N–H and O–H groups in total. The van der Waals surface area contributed by atoms with Crippen molar-refractivity contribution in [3.8, 4) is 0 Å². The molecule has 1 saturated heterocycles. The fourth-order valence-electron chi connectivity index (χ4n) is 2.52. The number of hydrogen-bond acceptors (Lipinski definition) is 5. The highest BCUT2D eigenvalue weighted by molar-refractivity contribution is 7.15. The average molecular weight is 330 g/mol. The van der Waals surface area contributed by atoms with E-state index in [1.807, 2.05) is 23.1 Å². The van der Waals surface area contributed by atoms with Crippen LogP contribution in [0.4, 0.5) is 5.69 Å². The maximum Gasteiger partial charge on any atom is 0.286 e. The van der Waals surface area contributed by atoms with Crippen LogP contribution in [-0.4, -0.2) is 40.0 Å². The van der Waals surface area contributed by atoms with Crippen LogP contribution in [0.3, 0.4) is 0 Å². The minimum atomic E-state index is -0.344. The smallest absolute Gasteiger partial charge is 0.286 e. The predicted octanol–water partition coefficient (Wildman–Crippen LogP) is 2.81. The van der Waals surface area contributed by atoms with E-state index in [0.29, 0.717) is 5.69 Å². The number of likely N-dealkylation sites (tertiary alicyclic amines) is 1. The van der Waals surface area contributed by atoms with Crippen molar-refractivity contribution >= 4 is 28.8 Å². The van der Waals surface area contributed by atoms with E-state index in [-0.39, 0.29) is 21.8 Å². The number of nitrogens with one attached hydrogen (secondary N) is 1. The van der Waals surface area contributed by atoms with Gasteiger partial charge in [-0.25, -0.2) is 0 Å². The van der Waals surface area contributed by atoms with E-state index < -0.39 is 0 Å². The maximum atomic E-state index is 12.4. The molecule has 120 valence electrons. The summed E-state index contributed by atoms with van der Waals surface area (Å²) in [7, 11) is 0. The molecule has 0 saturated carbocycles. The Bertz CT molecular complexity index is 678. The molecule has 7 heteroatoms. The lowest BCUT2D eigenvalue weighted by Gasteiger charge is -2.18. The van der Waals surface area contributed by atoms with Crippen molar-refractivity contribution in [1.29, 1.82) is 0 Å². The molecule has 3 rings (SSSR count). The molecule has 0 unspecified atom stereocenters. The van der Waals surface area contributed by atoms with Gasteiger partial charge in [-0.2, -0.15) is 0 Å². The lowest BCUT2D eigenvalue weighted by Crippen LogP contribution is -2.31. The van der Waals surface area contributed by atoms with Gasteiger partial charge in [0.15, 0.2) is 0 Å². The first-order chi connectivity index (χ1) is 11.2. The SMILES string of the molecule is O=C(Nc1ccccc1)c1nnc(C(=O)N2CCCCCC2)s1. The highest BCUT2D eigenvalue weighted by atomic mass is 32.1. The Kier molecular flexibility index (Phi) is 4.97. The van der Waals surface area contributed by atoms with E-state index >= 15 is 0 Å². The van der Waals surface area contributed by atoms with E-state index in [0.717, 1.165) is 50.1 Å². The first-order valence-corrected chi connectivity index (χ1v) is 8.55. The zero-order valence-electron chi connectivity index (χ0n) is 12.7. The van der Waals surface area contributed by atoms with Crippen LogP contribution in [0.1, 0.15) is 45.3 Å². The molecule has 1 aromatic heterocycles. The highest BCUT2D eigenvalue weighted by Crippen LogP contribution is 2.17. The van der Waals surface area contributed by atoms with Gasteiger partial charge in [0.25, 0.3) is 11.8 Å². The number of carbonyl (C=O) groups excluding carboxylic acids is 2. The molecule has 0 aliphatic carbocycles. The third kappa shape index (κ3) is 3.92. The summed E-state index contributed by atoms with van der Waals surface area (Å²) in [5.41, 5.74) is 0.688. The van der Waals surface area contributed by atoms with Crippen LogP contribution in [0.15, 0.2) is 30.3 Å². The van der Waals surface area contributed by atoms with Gasteiger partial charge in [0, 0.05) is 18.8 Å². The molecule has 2 amide bonds. The monoisotopic (exact) mass is 330 g/mol. The summed E-state index contributed by atoms with van der Waals surface area (Å²) in [6.07, 6.45) is 4.35. The molecule has 0 radical (unpaired) electrons. The molecule has 1 aromatic carbocycles. The van der Waals surface area contributed by atoms with Gasteiger partial charge in [-0.15, -0.1) is 10.2 Å². The summed E-state index contributed by atoms with van der Waals surface area (Å²) in [5, 5.41) is 11.0. The van der Waals surface area contributed by atoms with Crippen molar-refractivity contribution in [3.05, 3.63) is 40.3 Å². The van der Waals surface area contributed by atoms with Crippen LogP contribution in [0.2, 0.25) is 0 Å². The van der Waals surface area contributed by atoms with Crippen molar-refractivity contribution in [2.45, 2.75) is 25.7 Å². The van der Waals surface area contributed by atoms with Crippen molar-refractivity contribution in [2.24, 2.45) is 0 Å². The predicted molar refractivity (Wildman–Crippen MR) is 88.7 cm³/mol. The third-order valence-electron chi connectivity index (χ3n) is 3.73. The second-order valence-electron chi connectivity index (χ2n) is 5.44. The number of aromatic nitrogens is 2. The first kappa shape index (κ1) is 15.6. The van der Waals surface area contributed by atoms with Crippen molar-refractivity contribution < 1.29 is 9.59 Å². The van der Waals surface area contributed by atoms with E-state index in [9.17, 15) is 9.59 Å². The first-order valence-electron chi connectivity index (χ1n) is 7.73. The molecule has 0 spiro atoms. The molecule has 1 aliphatic rings. The molecule has 23 heavy (non-hydrogen) atoms. The van der Waals surface area contributed by atoms with Crippen LogP contribution in [0.25, 0.3) is 0 Å². The van der Waals surface area contributed by atoms with Gasteiger partial charge in [-0.05, 0) is 25.0 Å². The number of nitrogens with zero attached hydrogens (tertiary/aromatic N) is 3. The van der Waals surface area contributed by atoms with Crippen LogP contribution in [-0.2, 0) is 0 Å². The standard InChI is InChI=1S/C16H18N4O2S/c21-13(17-12-8-4-3-5-9-12)14-18-19-15(23-14)16(22)20-10-6-1-2-7-11-20/h3-5,8-9H,1-2,6-7,10-11H2,(H,17,21). The molecule has 1 fully saturated rings. The molecule has 0 bridgehead atoms. The largest absolute Gasteiger partial charge is 0.337 e. The second kappa shape index (κ2) is 7.32. The summed E-state index contributed by atoms with van der Waals surface area (Å²) in [4.78, 5) is 26.4. The van der Waals surface area contributed by atoms with E-state index in [4.69, 9.17) is 0 Å². The number of benzene rings is 1. The number of para-hydroxylation sites is 1. The second-order valence-corrected chi connectivity index (χ2v) is 6.42. The van der Waals surface area contributed by atoms with Gasteiger partial charge in [0.2, 0.25) is 10.0 Å². The van der Waals surface area contributed by atoms with Crippen LogP contribution in [0.5, 0.6) is 0 Å². The van der Waals surface area contributed by atoms with Gasteiger partial charge in [-0.1, -0.05) is 42.4 Å². The highest BCUT2D eigenvalue weighted by Gasteiger charge is 2.23. The third-order valence-corrected chi connectivity index (χ3v) is 4.64. The van der Waals surface area contributed by atoms with E-state index in [1.54, 1.807) is 12.1 Å². The summed E-state index contributed by atoms with van der Waals surface area (Å²) >= 11 is 1.04. The van der Waals surface area contributed by atoms with Crippen molar-refractivity contribution in [1.82, 2.24) is 15.1 Å². The Labute approximate surface area is 138 Å². The van der Waals surface area contributed by atoms with Crippen LogP contribution < -0.4 is 5.32 Å². The lowest BCUT2D eigenvalue weighted by atomic mass is 10.2. The van der Waals surface area contributed by atoms with E-state index in [2.05, 4.69) is 15.5 Å². The van der Waals surface area contributed by atoms with Crippen LogP contribution in [0, 0.1) is 0 Å². The average Bonchev–Trinajstić information content (AvgIpc) is 2.91. The Hall–Kier alpha value is -2.28. The molecule has 6 nitrogen and oxygen atoms in total. The number of rotatable bonds is 3. The Morgan fingerprint density at radius 3 is 2.30 bits per heavy atom. The Morgan fingerprint density at radius 1 is 0.957 bits per heavy atom. The van der Waals surface area contributed by atoms with Crippen LogP contribution >= 0.6 is 11.3 Å². The lowest BCUT2D eigenvalue weighted by molar-refractivity contribution is 0.0760. The zero-order chi connectivity index (χ0) is 16.1. The number of amides is 2. The quantitative estimate of drug-likeness (QED) is 0.939. The Balaban J connectivity index is 1.67. The fraction of sp³-hybridized carbons (Fsp3) is 0.375. The molecule has 2 aromatic rings. The maximum absolute atomic E-state index is 12.4.